The van der Waals surface area contributed by atoms with Gasteiger partial charge in [0.25, 0.3) is 5.91 Å². The monoisotopic (exact) mass is 428 g/mol. The van der Waals surface area contributed by atoms with Gasteiger partial charge in [-0.25, -0.2) is 9.78 Å². The molecule has 4 rings (SSSR count). The van der Waals surface area contributed by atoms with Crippen molar-refractivity contribution >= 4 is 17.6 Å². The Bertz CT molecular complexity index is 1130. The summed E-state index contributed by atoms with van der Waals surface area (Å²) in [7, 11) is 0. The van der Waals surface area contributed by atoms with Crippen LogP contribution in [0.25, 0.3) is 5.65 Å². The molecule has 0 radical (unpaired) electrons. The molecule has 2 aromatic heterocycles. The molecule has 1 saturated heterocycles. The number of alkyl halides is 2. The molecule has 0 unspecified atom stereocenters. The van der Waals surface area contributed by atoms with Crippen LogP contribution in [0.3, 0.4) is 0 Å². The van der Waals surface area contributed by atoms with Gasteiger partial charge < -0.3 is 14.5 Å². The topological polar surface area (TPSA) is 75.9 Å². The van der Waals surface area contributed by atoms with Crippen molar-refractivity contribution in [3.8, 4) is 5.75 Å². The van der Waals surface area contributed by atoms with Gasteiger partial charge in [-0.3, -0.25) is 9.69 Å². The number of fused-ring (bicyclic) bond motifs is 1. The molecule has 3 heterocycles. The largest absolute Gasteiger partial charge is 0.435 e. The summed E-state index contributed by atoms with van der Waals surface area (Å²) in [5.41, 5.74) is 2.24. The van der Waals surface area contributed by atoms with E-state index in [9.17, 15) is 18.4 Å². The van der Waals surface area contributed by atoms with Crippen LogP contribution < -0.4 is 10.1 Å². The van der Waals surface area contributed by atoms with Crippen molar-refractivity contribution in [3.05, 3.63) is 65.6 Å². The van der Waals surface area contributed by atoms with Crippen LogP contribution in [0.5, 0.6) is 5.75 Å². The molecule has 31 heavy (non-hydrogen) atoms. The highest BCUT2D eigenvalue weighted by Gasteiger charge is 2.47. The van der Waals surface area contributed by atoms with Crippen molar-refractivity contribution in [2.45, 2.75) is 45.4 Å². The van der Waals surface area contributed by atoms with Crippen LogP contribution in [0.4, 0.5) is 13.6 Å². The zero-order valence-corrected chi connectivity index (χ0v) is 17.1. The lowest BCUT2D eigenvalue weighted by molar-refractivity contribution is -0.131. The van der Waals surface area contributed by atoms with Crippen molar-refractivity contribution in [3.63, 3.8) is 0 Å². The van der Waals surface area contributed by atoms with E-state index in [0.29, 0.717) is 18.5 Å². The predicted molar refractivity (Wildman–Crippen MR) is 109 cm³/mol. The van der Waals surface area contributed by atoms with Crippen molar-refractivity contribution in [1.82, 2.24) is 19.6 Å². The van der Waals surface area contributed by atoms with E-state index in [1.807, 2.05) is 35.9 Å². The van der Waals surface area contributed by atoms with Crippen molar-refractivity contribution in [1.29, 1.82) is 0 Å². The summed E-state index contributed by atoms with van der Waals surface area (Å²) < 4.78 is 30.7. The second kappa shape index (κ2) is 7.98. The minimum Gasteiger partial charge on any atom is -0.435 e. The highest BCUT2D eigenvalue weighted by Crippen LogP contribution is 2.25. The number of ether oxygens (including phenoxy) is 1. The maximum Gasteiger partial charge on any atom is 0.387 e. The van der Waals surface area contributed by atoms with E-state index in [-0.39, 0.29) is 18.2 Å². The van der Waals surface area contributed by atoms with Crippen molar-refractivity contribution in [2.24, 2.45) is 0 Å². The number of nitrogens with one attached hydrogen (secondary N) is 1. The lowest BCUT2D eigenvalue weighted by atomic mass is 9.93. The predicted octanol–water partition coefficient (Wildman–Crippen LogP) is 3.69. The molecule has 9 heteroatoms. The Labute approximate surface area is 177 Å². The summed E-state index contributed by atoms with van der Waals surface area (Å²) in [6, 6.07) is 9.61. The fourth-order valence-electron chi connectivity index (χ4n) is 3.69. The van der Waals surface area contributed by atoms with Crippen LogP contribution in [-0.4, -0.2) is 38.4 Å². The average Bonchev–Trinajstić information content (AvgIpc) is 3.20. The van der Waals surface area contributed by atoms with E-state index >= 15 is 0 Å². The first kappa shape index (κ1) is 20.8. The number of halogens is 2. The highest BCUT2D eigenvalue weighted by molar-refractivity contribution is 6.06. The fourth-order valence-corrected chi connectivity index (χ4v) is 3.69. The average molecular weight is 428 g/mol. The maximum atomic E-state index is 13.0. The summed E-state index contributed by atoms with van der Waals surface area (Å²) in [5.74, 6) is -0.243. The molecule has 1 atom stereocenters. The quantitative estimate of drug-likeness (QED) is 0.583. The van der Waals surface area contributed by atoms with E-state index in [0.717, 1.165) is 16.8 Å². The van der Waals surface area contributed by atoms with Gasteiger partial charge in [0.05, 0.1) is 12.2 Å². The molecular formula is C22H22F2N4O3. The first-order valence-electron chi connectivity index (χ1n) is 9.86. The number of aromatic nitrogens is 2. The summed E-state index contributed by atoms with van der Waals surface area (Å²) >= 11 is 0. The third kappa shape index (κ3) is 4.35. The molecule has 1 aliphatic rings. The highest BCUT2D eigenvalue weighted by atomic mass is 19.3. The third-order valence-electron chi connectivity index (χ3n) is 5.38. The number of carbonyl (C=O) groups is 2. The number of imidazole rings is 1. The number of hydrogen-bond acceptors (Lipinski definition) is 4. The molecule has 1 N–H and O–H groups in total. The number of carbonyl (C=O) groups excluding carboxylic acids is 2. The third-order valence-corrected chi connectivity index (χ3v) is 5.38. The molecular weight excluding hydrogens is 406 g/mol. The molecule has 162 valence electrons. The lowest BCUT2D eigenvalue weighted by Crippen LogP contribution is -2.44. The van der Waals surface area contributed by atoms with Gasteiger partial charge in [0.15, 0.2) is 0 Å². The molecule has 0 spiro atoms. The first-order chi connectivity index (χ1) is 14.7. The molecule has 1 aromatic carbocycles. The molecule has 3 aromatic rings. The number of hydrogen-bond donors (Lipinski definition) is 1. The Hall–Kier alpha value is -3.49. The Kier molecular flexibility index (Phi) is 5.34. The Morgan fingerprint density at radius 3 is 2.58 bits per heavy atom. The summed E-state index contributed by atoms with van der Waals surface area (Å²) in [4.78, 5) is 31.2. The number of aryl methyl sites for hydroxylation is 2. The van der Waals surface area contributed by atoms with Crippen LogP contribution in [0.1, 0.15) is 30.2 Å². The lowest BCUT2D eigenvalue weighted by Gasteiger charge is -2.21. The number of rotatable bonds is 7. The molecule has 7 nitrogen and oxygen atoms in total. The van der Waals surface area contributed by atoms with Crippen LogP contribution in [0.2, 0.25) is 0 Å². The summed E-state index contributed by atoms with van der Waals surface area (Å²) in [6.07, 6.45) is 4.59. The SMILES string of the molecule is Cc1ccc2nc(CN3C(=O)N[C@@](C)(CCc4ccc(OC(F)F)cc4)C3=O)cn2c1. The van der Waals surface area contributed by atoms with Gasteiger partial charge in [-0.15, -0.1) is 0 Å². The fraction of sp³-hybridized carbons (Fsp3) is 0.318. The Balaban J connectivity index is 1.42. The Morgan fingerprint density at radius 2 is 1.87 bits per heavy atom. The second-order valence-electron chi connectivity index (χ2n) is 7.88. The molecule has 0 bridgehead atoms. The zero-order chi connectivity index (χ0) is 22.2. The minimum atomic E-state index is -2.88. The Morgan fingerprint density at radius 1 is 1.13 bits per heavy atom. The van der Waals surface area contributed by atoms with Gasteiger partial charge in [0, 0.05) is 12.4 Å². The maximum absolute atomic E-state index is 13.0. The molecule has 3 amide bonds. The number of benzene rings is 1. The second-order valence-corrected chi connectivity index (χ2v) is 7.88. The van der Waals surface area contributed by atoms with Gasteiger partial charge in [0.1, 0.15) is 16.9 Å². The van der Waals surface area contributed by atoms with E-state index in [1.54, 1.807) is 19.1 Å². The van der Waals surface area contributed by atoms with Gasteiger partial charge in [-0.2, -0.15) is 8.78 Å². The number of imide groups is 1. The molecule has 1 aliphatic heterocycles. The van der Waals surface area contributed by atoms with Gasteiger partial charge in [-0.05, 0) is 56.0 Å². The zero-order valence-electron chi connectivity index (χ0n) is 17.1. The van der Waals surface area contributed by atoms with Gasteiger partial charge >= 0.3 is 12.6 Å². The van der Waals surface area contributed by atoms with E-state index < -0.39 is 18.2 Å². The number of urea groups is 1. The van der Waals surface area contributed by atoms with Gasteiger partial charge in [0.2, 0.25) is 0 Å². The van der Waals surface area contributed by atoms with Crippen molar-refractivity contribution < 1.29 is 23.1 Å². The van der Waals surface area contributed by atoms with Crippen LogP contribution >= 0.6 is 0 Å². The molecule has 0 aliphatic carbocycles. The standard InChI is InChI=1S/C22H22F2N4O3/c1-14-3-8-18-25-16(12-27(18)11-14)13-28-19(29)22(2,26-21(28)30)10-9-15-4-6-17(7-5-15)31-20(23)24/h3-8,11-12,20H,9-10,13H2,1-2H3,(H,26,30)/t22-/m0/s1. The summed E-state index contributed by atoms with van der Waals surface area (Å²) in [6.45, 7) is 0.871. The van der Waals surface area contributed by atoms with Crippen LogP contribution in [0.15, 0.2) is 48.8 Å². The van der Waals surface area contributed by atoms with Crippen molar-refractivity contribution in [2.75, 3.05) is 0 Å². The van der Waals surface area contributed by atoms with Gasteiger partial charge in [-0.1, -0.05) is 18.2 Å². The number of nitrogens with zero attached hydrogens (tertiary/aromatic N) is 3. The summed E-state index contributed by atoms with van der Waals surface area (Å²) in [5, 5.41) is 2.78. The van der Waals surface area contributed by atoms with E-state index in [4.69, 9.17) is 0 Å². The minimum absolute atomic E-state index is 0.0732. The molecule has 1 fully saturated rings. The van der Waals surface area contributed by atoms with E-state index in [2.05, 4.69) is 15.0 Å². The first-order valence-corrected chi connectivity index (χ1v) is 9.86. The normalized spacial score (nSPS) is 18.8. The van der Waals surface area contributed by atoms with Crippen LogP contribution in [0, 0.1) is 6.92 Å². The van der Waals surface area contributed by atoms with E-state index in [1.165, 1.54) is 17.0 Å². The molecule has 0 saturated carbocycles. The number of amides is 3. The smallest absolute Gasteiger partial charge is 0.387 e. The van der Waals surface area contributed by atoms with Crippen LogP contribution in [-0.2, 0) is 17.8 Å². The number of pyridine rings is 1.